The zero-order valence-electron chi connectivity index (χ0n) is 71.6. The highest BCUT2D eigenvalue weighted by Crippen LogP contribution is 2.51. The average molecular weight is 1670 g/mol. The predicted molar refractivity (Wildman–Crippen MR) is 555 cm³/mol. The summed E-state index contributed by atoms with van der Waals surface area (Å²) < 4.78 is 15.8. The average Bonchev–Trinajstić information content (AvgIpc) is 1.60. The van der Waals surface area contributed by atoms with E-state index in [1.807, 2.05) is 6.07 Å². The van der Waals surface area contributed by atoms with Gasteiger partial charge in [-0.25, -0.2) is 0 Å². The van der Waals surface area contributed by atoms with Crippen LogP contribution in [-0.4, -0.2) is 4.57 Å². The number of para-hydroxylation sites is 2. The van der Waals surface area contributed by atoms with Crippen molar-refractivity contribution >= 4 is 164 Å². The number of benzene rings is 23. The van der Waals surface area contributed by atoms with Gasteiger partial charge in [-0.05, 0) is 228 Å². The smallest absolute Gasteiger partial charge is 0.160 e. The lowest BCUT2D eigenvalue weighted by Crippen LogP contribution is -2.10. The molecule has 0 saturated heterocycles. The Morgan fingerprint density at radius 1 is 0.168 bits per heavy atom. The van der Waals surface area contributed by atoms with Crippen molar-refractivity contribution in [3.8, 4) is 72.4 Å². The van der Waals surface area contributed by atoms with E-state index in [0.717, 1.165) is 83.7 Å². The summed E-state index contributed by atoms with van der Waals surface area (Å²) in [4.78, 5) is 4.62. The Morgan fingerprint density at radius 2 is 0.466 bits per heavy atom. The minimum absolute atomic E-state index is 0.878. The van der Waals surface area contributed by atoms with Gasteiger partial charge in [0.15, 0.2) is 11.2 Å². The predicted octanol–water partition coefficient (Wildman–Crippen LogP) is 35.8. The van der Waals surface area contributed by atoms with Gasteiger partial charge < -0.3 is 23.2 Å². The van der Waals surface area contributed by atoms with Crippen LogP contribution in [-0.2, 0) is 0 Å². The molecule has 5 heteroatoms. The largest absolute Gasteiger partial charge is 0.454 e. The second-order valence-electron chi connectivity index (χ2n) is 33.6. The van der Waals surface area contributed by atoms with Crippen molar-refractivity contribution in [1.82, 2.24) is 4.57 Å². The maximum absolute atomic E-state index is 6.66. The van der Waals surface area contributed by atoms with Crippen molar-refractivity contribution in [1.29, 1.82) is 0 Å². The van der Waals surface area contributed by atoms with E-state index in [2.05, 4.69) is 512 Å². The van der Waals surface area contributed by atoms with E-state index in [-0.39, 0.29) is 0 Å². The van der Waals surface area contributed by atoms with Crippen LogP contribution in [0.25, 0.3) is 203 Å². The Hall–Kier alpha value is -17.4. The number of hydrogen-bond donors (Lipinski definition) is 0. The Kier molecular flexibility index (Phi) is 19.6. The van der Waals surface area contributed by atoms with Gasteiger partial charge in [0.25, 0.3) is 0 Å². The minimum atomic E-state index is 0.878. The Morgan fingerprint density at radius 3 is 0.885 bits per heavy atom. The maximum Gasteiger partial charge on any atom is 0.160 e. The van der Waals surface area contributed by atoms with Crippen LogP contribution in [0, 0.1) is 0 Å². The molecule has 0 unspecified atom stereocenters. The van der Waals surface area contributed by atoms with E-state index >= 15 is 0 Å². The third kappa shape index (κ3) is 13.9. The first-order valence-corrected chi connectivity index (χ1v) is 44.8. The summed E-state index contributed by atoms with van der Waals surface area (Å²) in [6, 6.07) is 180. The second kappa shape index (κ2) is 33.2. The van der Waals surface area contributed by atoms with Crippen LogP contribution < -0.4 is 9.80 Å². The summed E-state index contributed by atoms with van der Waals surface area (Å²) in [5.41, 5.74) is 28.1. The van der Waals surface area contributed by atoms with Crippen molar-refractivity contribution in [2.45, 2.75) is 0 Å². The maximum atomic E-state index is 6.66. The monoisotopic (exact) mass is 1670 g/mol. The zero-order chi connectivity index (χ0) is 86.7. The summed E-state index contributed by atoms with van der Waals surface area (Å²) in [6.07, 6.45) is 0. The van der Waals surface area contributed by atoms with Crippen molar-refractivity contribution in [2.75, 3.05) is 9.80 Å². The normalized spacial score (nSPS) is 11.5. The molecular weight excluding hydrogens is 1590 g/mol. The first-order chi connectivity index (χ1) is 65.0. The van der Waals surface area contributed by atoms with Crippen LogP contribution in [0.15, 0.2) is 512 Å². The Bertz CT molecular complexity index is 8460. The van der Waals surface area contributed by atoms with Crippen molar-refractivity contribution < 1.29 is 8.83 Å². The lowest BCUT2D eigenvalue weighted by molar-refractivity contribution is 0.669. The fraction of sp³-hybridized carbons (Fsp3) is 0. The SMILES string of the molecule is c1ccc(-c2c3ccccc3c(-c3ccc(-n4c5ccc6ccccc6c5c5c6ccccc6ccc54)cc3)c3ccccc23)cc1.c1ccc(-c2ccc(N(c3ccc(-c4ccccc4)cc3)c3cc4ccccc4c4c3oc3ccccc34)cc2)cc1.c1ccc(-c2ccc(N(c3ccc(-c4ccccc4)cc3)c3cccc4c3oc3ccc5ccccc5c34)cc2)cc1. The van der Waals surface area contributed by atoms with E-state index in [1.54, 1.807) is 0 Å². The molecule has 0 aliphatic carbocycles. The van der Waals surface area contributed by atoms with Gasteiger partial charge in [0.05, 0.1) is 22.4 Å². The topological polar surface area (TPSA) is 37.7 Å². The number of hydrogen-bond acceptors (Lipinski definition) is 4. The van der Waals surface area contributed by atoms with Crippen LogP contribution in [0.1, 0.15) is 0 Å². The standard InChI is InChI=1S/C46H29N.2C40H27NO/c1-2-14-32(15-3-1)43-37-18-8-10-20-39(37)44(40-21-11-9-19-38(40)43)33-22-26-34(27-23-33)47-41-28-24-30-12-4-6-16-35(30)45(41)46-36-17-7-5-13-31(36)25-29-42(46)47;1-3-11-28(12-4-1)30-19-23-33(24-20-30)41(34-25-21-31(22-26-34)29-13-5-2-6-14-29)37-27-32-15-7-8-16-35(32)39-36-17-9-10-18-38(36)42-40(37)39;1-3-10-28(11-4-1)30-18-23-33(24-19-30)41(34-25-20-31(21-26-34)29-12-5-2-6-13-29)37-17-9-16-36-39-35-15-8-7-14-32(35)22-27-38(39)42-40(36)37/h1-29H;2*1-27H. The number of nitrogens with zero attached hydrogens (tertiary/aromatic N) is 3. The molecule has 614 valence electrons. The third-order valence-corrected chi connectivity index (χ3v) is 26.1. The molecule has 0 fully saturated rings. The highest BCUT2D eigenvalue weighted by atomic mass is 16.3. The molecule has 0 saturated carbocycles. The highest BCUT2D eigenvalue weighted by molar-refractivity contribution is 6.29. The second-order valence-corrected chi connectivity index (χ2v) is 33.6. The van der Waals surface area contributed by atoms with E-state index in [1.165, 1.54) is 153 Å². The number of aromatic nitrogens is 1. The highest BCUT2D eigenvalue weighted by Gasteiger charge is 2.26. The number of anilines is 6. The van der Waals surface area contributed by atoms with Crippen LogP contribution in [0.5, 0.6) is 0 Å². The van der Waals surface area contributed by atoms with Crippen molar-refractivity contribution in [2.24, 2.45) is 0 Å². The van der Waals surface area contributed by atoms with E-state index in [9.17, 15) is 0 Å². The lowest BCUT2D eigenvalue weighted by atomic mass is 9.86. The van der Waals surface area contributed by atoms with Crippen molar-refractivity contribution in [3.05, 3.63) is 504 Å². The molecule has 3 aromatic heterocycles. The molecule has 0 N–H and O–H groups in total. The fourth-order valence-corrected chi connectivity index (χ4v) is 20.0. The van der Waals surface area contributed by atoms with Gasteiger partial charge in [-0.1, -0.05) is 406 Å². The van der Waals surface area contributed by atoms with Crippen molar-refractivity contribution in [3.63, 3.8) is 0 Å². The third-order valence-electron chi connectivity index (χ3n) is 26.1. The Balaban J connectivity index is 0.000000109. The fourth-order valence-electron chi connectivity index (χ4n) is 20.0. The molecule has 0 aliphatic heterocycles. The van der Waals surface area contributed by atoms with Crippen LogP contribution in [0.2, 0.25) is 0 Å². The molecule has 0 atom stereocenters. The van der Waals surface area contributed by atoms with Crippen LogP contribution in [0.4, 0.5) is 34.1 Å². The van der Waals surface area contributed by atoms with Gasteiger partial charge in [0.2, 0.25) is 0 Å². The molecule has 0 spiro atoms. The molecular formula is C126H83N3O2. The van der Waals surface area contributed by atoms with Gasteiger partial charge in [-0.15, -0.1) is 0 Å². The van der Waals surface area contributed by atoms with E-state index in [0.29, 0.717) is 0 Å². The molecule has 26 aromatic rings. The molecule has 23 aromatic carbocycles. The molecule has 131 heavy (non-hydrogen) atoms. The summed E-state index contributed by atoms with van der Waals surface area (Å²) in [6.45, 7) is 0. The first kappa shape index (κ1) is 77.2. The molecule has 26 rings (SSSR count). The molecule has 3 heterocycles. The quantitative estimate of drug-likeness (QED) is 0.108. The summed E-state index contributed by atoms with van der Waals surface area (Å²) in [5, 5.41) is 22.2. The number of rotatable bonds is 13. The number of fused-ring (bicyclic) bond motifs is 19. The minimum Gasteiger partial charge on any atom is -0.454 e. The molecule has 0 aliphatic rings. The number of furan rings is 2. The van der Waals surface area contributed by atoms with Gasteiger partial charge in [-0.3, -0.25) is 0 Å². The molecule has 0 radical (unpaired) electrons. The summed E-state index contributed by atoms with van der Waals surface area (Å²) >= 11 is 0. The van der Waals surface area contributed by atoms with Crippen LogP contribution in [0.3, 0.4) is 0 Å². The summed E-state index contributed by atoms with van der Waals surface area (Å²) in [7, 11) is 0. The molecule has 0 bridgehead atoms. The Labute approximate surface area is 758 Å². The first-order valence-electron chi connectivity index (χ1n) is 44.8. The molecule has 0 amide bonds. The molecule has 5 nitrogen and oxygen atoms in total. The van der Waals surface area contributed by atoms with Crippen LogP contribution >= 0.6 is 0 Å². The summed E-state index contributed by atoms with van der Waals surface area (Å²) in [5.74, 6) is 0. The lowest BCUT2D eigenvalue weighted by Gasteiger charge is -2.26. The van der Waals surface area contributed by atoms with Gasteiger partial charge >= 0.3 is 0 Å². The van der Waals surface area contributed by atoms with Gasteiger partial charge in [0, 0.05) is 60.8 Å². The van der Waals surface area contributed by atoms with Gasteiger partial charge in [-0.2, -0.15) is 0 Å². The van der Waals surface area contributed by atoms with E-state index in [4.69, 9.17) is 8.83 Å². The van der Waals surface area contributed by atoms with Gasteiger partial charge in [0.1, 0.15) is 11.2 Å². The van der Waals surface area contributed by atoms with E-state index < -0.39 is 0 Å². The zero-order valence-corrected chi connectivity index (χ0v) is 71.6.